The number of fused-ring (bicyclic) bond motifs is 1. The molecule has 3 atom stereocenters. The second kappa shape index (κ2) is 5.70. The third-order valence-corrected chi connectivity index (χ3v) is 5.30. The third kappa shape index (κ3) is 2.66. The van der Waals surface area contributed by atoms with Gasteiger partial charge in [-0.05, 0) is 61.6 Å². The van der Waals surface area contributed by atoms with Crippen molar-refractivity contribution in [2.24, 2.45) is 11.8 Å². The fourth-order valence-electron chi connectivity index (χ4n) is 4.31. The van der Waals surface area contributed by atoms with Gasteiger partial charge in [0.2, 0.25) is 0 Å². The molecule has 0 aromatic heterocycles. The van der Waals surface area contributed by atoms with Crippen LogP contribution in [0.4, 0.5) is 5.69 Å². The molecule has 21 heavy (non-hydrogen) atoms. The summed E-state index contributed by atoms with van der Waals surface area (Å²) >= 11 is 0. The zero-order chi connectivity index (χ0) is 15.0. The molecule has 1 N–H and O–H groups in total. The molecule has 3 unspecified atom stereocenters. The Kier molecular flexibility index (Phi) is 3.92. The van der Waals surface area contributed by atoms with Crippen molar-refractivity contribution in [1.82, 2.24) is 0 Å². The van der Waals surface area contributed by atoms with Crippen LogP contribution in [0.15, 0.2) is 18.2 Å². The van der Waals surface area contributed by atoms with Gasteiger partial charge in [-0.1, -0.05) is 19.9 Å². The number of hydrogen-bond acceptors (Lipinski definition) is 2. The first-order valence-corrected chi connectivity index (χ1v) is 8.19. The summed E-state index contributed by atoms with van der Waals surface area (Å²) in [5.41, 5.74) is 2.71. The summed E-state index contributed by atoms with van der Waals surface area (Å²) in [6.45, 7) is 5.77. The highest BCUT2D eigenvalue weighted by Crippen LogP contribution is 2.38. The Morgan fingerprint density at radius 3 is 2.81 bits per heavy atom. The molecule has 1 aliphatic heterocycles. The summed E-state index contributed by atoms with van der Waals surface area (Å²) in [6.07, 6.45) is 5.77. The first-order chi connectivity index (χ1) is 10.1. The van der Waals surface area contributed by atoms with Gasteiger partial charge in [-0.3, -0.25) is 0 Å². The first-order valence-electron chi connectivity index (χ1n) is 8.19. The topological polar surface area (TPSA) is 40.5 Å². The molecule has 3 heteroatoms. The van der Waals surface area contributed by atoms with Crippen LogP contribution in [0.3, 0.4) is 0 Å². The normalized spacial score (nSPS) is 29.0. The predicted octanol–water partition coefficient (Wildman–Crippen LogP) is 3.96. The summed E-state index contributed by atoms with van der Waals surface area (Å²) in [5.74, 6) is 0.720. The molecule has 3 nitrogen and oxygen atoms in total. The van der Waals surface area contributed by atoms with Crippen LogP contribution >= 0.6 is 0 Å². The van der Waals surface area contributed by atoms with Gasteiger partial charge in [0.15, 0.2) is 0 Å². The van der Waals surface area contributed by atoms with Gasteiger partial charge in [-0.2, -0.15) is 0 Å². The van der Waals surface area contributed by atoms with Crippen LogP contribution in [0, 0.1) is 11.8 Å². The molecule has 2 aliphatic rings. The van der Waals surface area contributed by atoms with E-state index in [1.54, 1.807) is 6.07 Å². The predicted molar refractivity (Wildman–Crippen MR) is 85.0 cm³/mol. The van der Waals surface area contributed by atoms with E-state index < -0.39 is 5.97 Å². The molecule has 114 valence electrons. The van der Waals surface area contributed by atoms with Gasteiger partial charge in [-0.25, -0.2) is 4.79 Å². The van der Waals surface area contributed by atoms with Gasteiger partial charge in [0.25, 0.3) is 0 Å². The van der Waals surface area contributed by atoms with Crippen LogP contribution in [0.5, 0.6) is 0 Å². The van der Waals surface area contributed by atoms with E-state index in [1.807, 2.05) is 6.07 Å². The van der Waals surface area contributed by atoms with Crippen molar-refractivity contribution in [1.29, 1.82) is 0 Å². The fraction of sp³-hybridized carbons (Fsp3) is 0.611. The summed E-state index contributed by atoms with van der Waals surface area (Å²) in [4.78, 5) is 13.9. The number of carbonyl (C=O) groups is 1. The smallest absolute Gasteiger partial charge is 0.336 e. The minimum absolute atomic E-state index is 0.494. The minimum atomic E-state index is -0.793. The molecule has 1 saturated carbocycles. The van der Waals surface area contributed by atoms with Crippen LogP contribution in [-0.4, -0.2) is 23.7 Å². The summed E-state index contributed by atoms with van der Waals surface area (Å²) in [6, 6.07) is 6.34. The Labute approximate surface area is 127 Å². The molecule has 1 aromatic rings. The number of nitrogens with zero attached hydrogens (tertiary/aromatic N) is 1. The third-order valence-electron chi connectivity index (χ3n) is 5.30. The van der Waals surface area contributed by atoms with E-state index in [4.69, 9.17) is 0 Å². The van der Waals surface area contributed by atoms with Gasteiger partial charge >= 0.3 is 5.97 Å². The number of anilines is 1. The second-order valence-electron chi connectivity index (χ2n) is 6.87. The highest BCUT2D eigenvalue weighted by Gasteiger charge is 2.33. The number of carboxylic acid groups (broad SMARTS) is 1. The molecule has 1 fully saturated rings. The Bertz CT molecular complexity index is 540. The average molecular weight is 287 g/mol. The van der Waals surface area contributed by atoms with Gasteiger partial charge < -0.3 is 10.0 Å². The van der Waals surface area contributed by atoms with Crippen LogP contribution in [-0.2, 0) is 6.42 Å². The van der Waals surface area contributed by atoms with E-state index in [2.05, 4.69) is 24.8 Å². The van der Waals surface area contributed by atoms with Crippen molar-refractivity contribution in [2.75, 3.05) is 11.4 Å². The summed E-state index contributed by atoms with van der Waals surface area (Å²) in [5, 5.41) is 9.41. The van der Waals surface area contributed by atoms with Gasteiger partial charge in [0, 0.05) is 18.3 Å². The van der Waals surface area contributed by atoms with Crippen molar-refractivity contribution in [3.8, 4) is 0 Å². The number of benzene rings is 1. The maximum absolute atomic E-state index is 11.4. The van der Waals surface area contributed by atoms with Crippen LogP contribution in [0.25, 0.3) is 0 Å². The van der Waals surface area contributed by atoms with Gasteiger partial charge in [0.1, 0.15) is 0 Å². The number of carboxylic acids is 1. The van der Waals surface area contributed by atoms with E-state index in [9.17, 15) is 9.90 Å². The molecule has 0 saturated heterocycles. The van der Waals surface area contributed by atoms with Crippen LogP contribution in [0.1, 0.15) is 55.5 Å². The van der Waals surface area contributed by atoms with Gasteiger partial charge in [0.05, 0.1) is 5.56 Å². The largest absolute Gasteiger partial charge is 0.478 e. The Morgan fingerprint density at radius 1 is 1.29 bits per heavy atom. The van der Waals surface area contributed by atoms with E-state index in [-0.39, 0.29) is 0 Å². The average Bonchev–Trinajstić information content (AvgIpc) is 2.46. The lowest BCUT2D eigenvalue weighted by Gasteiger charge is -2.44. The molecule has 0 spiro atoms. The van der Waals surface area contributed by atoms with Crippen molar-refractivity contribution >= 4 is 11.7 Å². The lowest BCUT2D eigenvalue weighted by molar-refractivity contribution is 0.0695. The maximum Gasteiger partial charge on any atom is 0.336 e. The molecule has 3 rings (SSSR count). The Hall–Kier alpha value is -1.51. The quantitative estimate of drug-likeness (QED) is 0.895. The van der Waals surface area contributed by atoms with Crippen molar-refractivity contribution in [3.63, 3.8) is 0 Å². The Morgan fingerprint density at radius 2 is 2.10 bits per heavy atom. The molecule has 0 bridgehead atoms. The lowest BCUT2D eigenvalue weighted by Crippen LogP contribution is -2.45. The molecule has 1 heterocycles. The number of aromatic carboxylic acids is 1. The van der Waals surface area contributed by atoms with Gasteiger partial charge in [-0.15, -0.1) is 0 Å². The van der Waals surface area contributed by atoms with Crippen molar-refractivity contribution < 1.29 is 9.90 Å². The summed E-state index contributed by atoms with van der Waals surface area (Å²) < 4.78 is 0. The zero-order valence-corrected chi connectivity index (χ0v) is 13.0. The van der Waals surface area contributed by atoms with E-state index in [0.717, 1.165) is 30.9 Å². The highest BCUT2D eigenvalue weighted by atomic mass is 16.4. The molecule has 0 radical (unpaired) electrons. The van der Waals surface area contributed by atoms with Crippen LogP contribution < -0.4 is 4.90 Å². The van der Waals surface area contributed by atoms with E-state index >= 15 is 0 Å². The molecular weight excluding hydrogens is 262 g/mol. The van der Waals surface area contributed by atoms with Crippen molar-refractivity contribution in [3.05, 3.63) is 29.3 Å². The maximum atomic E-state index is 11.4. The molecular formula is C18H25NO2. The molecule has 0 amide bonds. The lowest BCUT2D eigenvalue weighted by atomic mass is 9.78. The van der Waals surface area contributed by atoms with E-state index in [0.29, 0.717) is 17.5 Å². The van der Waals surface area contributed by atoms with E-state index in [1.165, 1.54) is 24.9 Å². The zero-order valence-electron chi connectivity index (χ0n) is 13.0. The Balaban J connectivity index is 1.94. The molecule has 1 aromatic carbocycles. The number of hydrogen-bond donors (Lipinski definition) is 1. The van der Waals surface area contributed by atoms with Crippen molar-refractivity contribution in [2.45, 2.75) is 52.0 Å². The fourth-order valence-corrected chi connectivity index (χ4v) is 4.31. The first kappa shape index (κ1) is 14.4. The standard InChI is InChI=1S/C18H25NO2/c1-12-8-9-16(13(2)11-12)19-10-4-6-14-15(18(20)21)5-3-7-17(14)19/h3,5,7,12-13,16H,4,6,8-11H2,1-2H3,(H,20,21). The molecule has 1 aliphatic carbocycles. The minimum Gasteiger partial charge on any atom is -0.478 e. The second-order valence-corrected chi connectivity index (χ2v) is 6.87. The number of rotatable bonds is 2. The van der Waals surface area contributed by atoms with Crippen LogP contribution in [0.2, 0.25) is 0 Å². The highest BCUT2D eigenvalue weighted by molar-refractivity contribution is 5.91. The summed E-state index contributed by atoms with van der Waals surface area (Å²) in [7, 11) is 0. The monoisotopic (exact) mass is 287 g/mol. The SMILES string of the molecule is CC1CCC(N2CCCc3c(C(=O)O)cccc32)C(C)C1.